The summed E-state index contributed by atoms with van der Waals surface area (Å²) in [6.45, 7) is 0.396. The lowest BCUT2D eigenvalue weighted by Crippen LogP contribution is -2.43. The van der Waals surface area contributed by atoms with Crippen molar-refractivity contribution in [2.75, 3.05) is 25.5 Å². The minimum absolute atomic E-state index is 0.0338. The van der Waals surface area contributed by atoms with Crippen molar-refractivity contribution in [1.82, 2.24) is 9.88 Å². The molecular weight excluding hydrogens is 297 g/mol. The Labute approximate surface area is 126 Å². The molecule has 1 amide bonds. The number of anilines is 1. The fraction of sp³-hybridized carbons (Fsp3) is 0.500. The summed E-state index contributed by atoms with van der Waals surface area (Å²) in [5, 5.41) is 9.11. The van der Waals surface area contributed by atoms with Crippen molar-refractivity contribution in [2.24, 2.45) is 0 Å². The predicted molar refractivity (Wildman–Crippen MR) is 73.0 cm³/mol. The number of hydrogen-bond donors (Lipinski definition) is 0. The minimum atomic E-state index is -4.59. The van der Waals surface area contributed by atoms with Gasteiger partial charge in [0.15, 0.2) is 0 Å². The Morgan fingerprint density at radius 3 is 2.68 bits per heavy atom. The molecule has 1 fully saturated rings. The number of aromatic nitrogens is 1. The van der Waals surface area contributed by atoms with Crippen molar-refractivity contribution < 1.29 is 18.0 Å². The Hall–Kier alpha value is -2.30. The molecular formula is C14H15F3N4O. The van der Waals surface area contributed by atoms with E-state index in [-0.39, 0.29) is 17.3 Å². The van der Waals surface area contributed by atoms with Crippen LogP contribution in [-0.4, -0.2) is 42.5 Å². The van der Waals surface area contributed by atoms with Crippen molar-refractivity contribution in [3.05, 3.63) is 23.4 Å². The molecule has 0 aromatic carbocycles. The van der Waals surface area contributed by atoms with E-state index in [2.05, 4.69) is 4.98 Å². The number of carbonyl (C=O) groups is 1. The van der Waals surface area contributed by atoms with Crippen molar-refractivity contribution in [3.63, 3.8) is 0 Å². The molecule has 0 aliphatic carbocycles. The summed E-state index contributed by atoms with van der Waals surface area (Å²) in [4.78, 5) is 18.6. The molecule has 1 aliphatic heterocycles. The molecule has 1 aromatic heterocycles. The van der Waals surface area contributed by atoms with Crippen LogP contribution in [0.15, 0.2) is 12.1 Å². The van der Waals surface area contributed by atoms with Gasteiger partial charge in [-0.05, 0) is 25.0 Å². The van der Waals surface area contributed by atoms with Crippen LogP contribution < -0.4 is 4.90 Å². The van der Waals surface area contributed by atoms with Crippen LogP contribution in [0.1, 0.15) is 24.1 Å². The van der Waals surface area contributed by atoms with Crippen molar-refractivity contribution in [2.45, 2.75) is 25.1 Å². The lowest BCUT2D eigenvalue weighted by atomic mass is 10.1. The fourth-order valence-corrected chi connectivity index (χ4v) is 2.49. The van der Waals surface area contributed by atoms with Gasteiger partial charge in [-0.25, -0.2) is 4.98 Å². The zero-order chi connectivity index (χ0) is 16.5. The van der Waals surface area contributed by atoms with Gasteiger partial charge in [0.05, 0.1) is 5.56 Å². The molecule has 0 spiro atoms. The first-order chi connectivity index (χ1) is 10.3. The average molecular weight is 312 g/mol. The monoisotopic (exact) mass is 312 g/mol. The van der Waals surface area contributed by atoms with E-state index >= 15 is 0 Å². The van der Waals surface area contributed by atoms with E-state index in [1.165, 1.54) is 9.80 Å². The number of alkyl halides is 3. The Kier molecular flexibility index (Phi) is 4.26. The highest BCUT2D eigenvalue weighted by Gasteiger charge is 2.37. The summed E-state index contributed by atoms with van der Waals surface area (Å²) < 4.78 is 38.5. The number of hydrogen-bond acceptors (Lipinski definition) is 4. The van der Waals surface area contributed by atoms with Crippen molar-refractivity contribution in [3.8, 4) is 6.07 Å². The summed E-state index contributed by atoms with van der Waals surface area (Å²) in [6.07, 6.45) is -3.41. The fourth-order valence-electron chi connectivity index (χ4n) is 2.49. The second kappa shape index (κ2) is 5.83. The van der Waals surface area contributed by atoms with Crippen LogP contribution >= 0.6 is 0 Å². The average Bonchev–Trinajstić information content (AvgIpc) is 2.93. The zero-order valence-electron chi connectivity index (χ0n) is 12.2. The van der Waals surface area contributed by atoms with E-state index in [0.29, 0.717) is 19.4 Å². The Bertz CT molecular complexity index is 621. The van der Waals surface area contributed by atoms with Crippen LogP contribution in [0.25, 0.3) is 0 Å². The third-order valence-corrected chi connectivity index (χ3v) is 3.54. The molecule has 0 saturated carbocycles. The maximum absolute atomic E-state index is 12.8. The van der Waals surface area contributed by atoms with Crippen LogP contribution in [0.2, 0.25) is 0 Å². The first-order valence-corrected chi connectivity index (χ1v) is 6.72. The van der Waals surface area contributed by atoms with Gasteiger partial charge in [0.2, 0.25) is 5.91 Å². The molecule has 2 rings (SSSR count). The van der Waals surface area contributed by atoms with Gasteiger partial charge in [-0.1, -0.05) is 0 Å². The molecule has 1 saturated heterocycles. The maximum atomic E-state index is 12.8. The molecule has 1 atom stereocenters. The SMILES string of the molecule is CN(C)C(=O)[C@@H]1CCCN1c1nc(C(F)(F)F)ccc1C#N. The van der Waals surface area contributed by atoms with E-state index in [9.17, 15) is 18.0 Å². The maximum Gasteiger partial charge on any atom is 0.433 e. The number of likely N-dealkylation sites (N-methyl/N-ethyl adjacent to an activating group) is 1. The van der Waals surface area contributed by atoms with E-state index in [0.717, 1.165) is 12.1 Å². The van der Waals surface area contributed by atoms with Crippen molar-refractivity contribution >= 4 is 11.7 Å². The normalized spacial score (nSPS) is 18.2. The lowest BCUT2D eigenvalue weighted by molar-refractivity contribution is -0.141. The summed E-state index contributed by atoms with van der Waals surface area (Å²) in [5.74, 6) is -0.282. The number of halogens is 3. The van der Waals surface area contributed by atoms with Crippen LogP contribution in [0.5, 0.6) is 0 Å². The molecule has 1 aliphatic rings. The van der Waals surface area contributed by atoms with Crippen LogP contribution in [0.3, 0.4) is 0 Å². The molecule has 5 nitrogen and oxygen atoms in total. The van der Waals surface area contributed by atoms with Gasteiger partial charge in [-0.2, -0.15) is 18.4 Å². The van der Waals surface area contributed by atoms with E-state index < -0.39 is 17.9 Å². The smallest absolute Gasteiger partial charge is 0.347 e. The van der Waals surface area contributed by atoms with Gasteiger partial charge in [0.1, 0.15) is 23.6 Å². The van der Waals surface area contributed by atoms with Gasteiger partial charge in [-0.15, -0.1) is 0 Å². The van der Waals surface area contributed by atoms with Gasteiger partial charge < -0.3 is 9.80 Å². The second-order valence-electron chi connectivity index (χ2n) is 5.26. The molecule has 0 radical (unpaired) electrons. The number of carbonyl (C=O) groups excluding carboxylic acids is 1. The van der Waals surface area contributed by atoms with E-state index in [4.69, 9.17) is 5.26 Å². The van der Waals surface area contributed by atoms with E-state index in [1.54, 1.807) is 14.1 Å². The minimum Gasteiger partial charge on any atom is -0.347 e. The Morgan fingerprint density at radius 1 is 1.45 bits per heavy atom. The lowest BCUT2D eigenvalue weighted by Gasteiger charge is -2.28. The predicted octanol–water partition coefficient (Wildman–Crippen LogP) is 2.03. The van der Waals surface area contributed by atoms with Crippen LogP contribution in [-0.2, 0) is 11.0 Å². The summed E-state index contributed by atoms with van der Waals surface area (Å²) >= 11 is 0. The molecule has 118 valence electrons. The molecule has 2 heterocycles. The zero-order valence-corrected chi connectivity index (χ0v) is 12.2. The number of amides is 1. The molecule has 0 N–H and O–H groups in total. The number of nitriles is 1. The highest BCUT2D eigenvalue weighted by molar-refractivity contribution is 5.85. The summed E-state index contributed by atoms with van der Waals surface area (Å²) in [5.41, 5.74) is -1.03. The number of pyridine rings is 1. The van der Waals surface area contributed by atoms with Gasteiger partial charge >= 0.3 is 6.18 Å². The first-order valence-electron chi connectivity index (χ1n) is 6.72. The van der Waals surface area contributed by atoms with E-state index in [1.807, 2.05) is 6.07 Å². The highest BCUT2D eigenvalue weighted by Crippen LogP contribution is 2.33. The Morgan fingerprint density at radius 2 is 2.14 bits per heavy atom. The van der Waals surface area contributed by atoms with Crippen LogP contribution in [0, 0.1) is 11.3 Å². The summed E-state index contributed by atoms with van der Waals surface area (Å²) in [6, 6.07) is 3.13. The first kappa shape index (κ1) is 16.1. The topological polar surface area (TPSA) is 60.2 Å². The third kappa shape index (κ3) is 2.98. The molecule has 8 heteroatoms. The Balaban J connectivity index is 2.46. The molecule has 1 aromatic rings. The molecule has 0 bridgehead atoms. The van der Waals surface area contributed by atoms with Gasteiger partial charge in [0, 0.05) is 20.6 Å². The highest BCUT2D eigenvalue weighted by atomic mass is 19.4. The van der Waals surface area contributed by atoms with Crippen molar-refractivity contribution in [1.29, 1.82) is 5.26 Å². The molecule has 0 unspecified atom stereocenters. The van der Waals surface area contributed by atoms with Gasteiger partial charge in [-0.3, -0.25) is 4.79 Å². The van der Waals surface area contributed by atoms with Crippen LogP contribution in [0.4, 0.5) is 19.0 Å². The number of rotatable bonds is 2. The largest absolute Gasteiger partial charge is 0.433 e. The quantitative estimate of drug-likeness (QED) is 0.838. The third-order valence-electron chi connectivity index (χ3n) is 3.54. The number of nitrogens with zero attached hydrogens (tertiary/aromatic N) is 4. The standard InChI is InChI=1S/C14H15F3N4O/c1-20(2)13(22)10-4-3-7-21(10)12-9(8-18)5-6-11(19-12)14(15,16)17/h5-6,10H,3-4,7H2,1-2H3/t10-/m0/s1. The summed E-state index contributed by atoms with van der Waals surface area (Å²) in [7, 11) is 3.17. The molecule has 22 heavy (non-hydrogen) atoms. The van der Waals surface area contributed by atoms with Gasteiger partial charge in [0.25, 0.3) is 0 Å². The second-order valence-corrected chi connectivity index (χ2v) is 5.26.